The third kappa shape index (κ3) is 5.40. The number of halogens is 2. The first-order valence-electron chi connectivity index (χ1n) is 12.0. The Balaban J connectivity index is 1.64. The molecule has 0 radical (unpaired) electrons. The van der Waals surface area contributed by atoms with E-state index in [1.165, 1.54) is 10.7 Å². The molecular formula is C25H31F2N5O4. The van der Waals surface area contributed by atoms with Gasteiger partial charge in [-0.1, -0.05) is 13.8 Å². The van der Waals surface area contributed by atoms with Gasteiger partial charge in [-0.05, 0) is 55.7 Å². The van der Waals surface area contributed by atoms with E-state index >= 15 is 0 Å². The largest absolute Gasteiger partial charge is 0.480 e. The summed E-state index contributed by atoms with van der Waals surface area (Å²) in [4.78, 5) is 35.7. The number of nitrogens with zero attached hydrogens (tertiary/aromatic N) is 2. The Bertz CT molecular complexity index is 1190. The molecule has 0 saturated heterocycles. The molecule has 2 aromatic rings. The number of carbonyl (C=O) groups excluding carboxylic acids is 2. The zero-order valence-electron chi connectivity index (χ0n) is 20.3. The lowest BCUT2D eigenvalue weighted by atomic mass is 9.75. The van der Waals surface area contributed by atoms with Gasteiger partial charge >= 0.3 is 5.97 Å². The van der Waals surface area contributed by atoms with Crippen molar-refractivity contribution in [3.63, 3.8) is 0 Å². The van der Waals surface area contributed by atoms with Crippen LogP contribution in [0.4, 0.5) is 14.5 Å². The molecule has 0 spiro atoms. The van der Waals surface area contributed by atoms with Crippen molar-refractivity contribution < 1.29 is 28.3 Å². The average Bonchev–Trinajstić information content (AvgIpc) is 3.17. The standard InChI is InChI=1S/C25H31F2N5O4/c1-25(2)10-18-21(19(33)11-25)22(23(26)27)31-32(18)15-7-8-16(24(28)36)17(9-15)30-14-5-3-13(4-6-14)29-12-20(34)35/h7-9,13-14,23,29-30H,3-6,10-12H2,1-2H3,(H2,28,36)(H,34,35). The Hall–Kier alpha value is -3.34. The van der Waals surface area contributed by atoms with E-state index in [1.807, 2.05) is 13.8 Å². The van der Waals surface area contributed by atoms with Crippen LogP contribution >= 0.6 is 0 Å². The van der Waals surface area contributed by atoms with Gasteiger partial charge in [0, 0.05) is 24.2 Å². The summed E-state index contributed by atoms with van der Waals surface area (Å²) < 4.78 is 29.0. The van der Waals surface area contributed by atoms with Gasteiger partial charge in [0.1, 0.15) is 5.69 Å². The Labute approximate surface area is 207 Å². The molecule has 1 heterocycles. The third-order valence-corrected chi connectivity index (χ3v) is 6.92. The summed E-state index contributed by atoms with van der Waals surface area (Å²) in [6.07, 6.45) is 0.697. The predicted molar refractivity (Wildman–Crippen MR) is 129 cm³/mol. The second kappa shape index (κ2) is 9.96. The van der Waals surface area contributed by atoms with Crippen molar-refractivity contribution >= 4 is 23.3 Å². The highest BCUT2D eigenvalue weighted by Crippen LogP contribution is 2.40. The zero-order valence-corrected chi connectivity index (χ0v) is 20.3. The number of anilines is 1. The molecule has 5 N–H and O–H groups in total. The van der Waals surface area contributed by atoms with E-state index in [1.54, 1.807) is 12.1 Å². The summed E-state index contributed by atoms with van der Waals surface area (Å²) in [7, 11) is 0. The van der Waals surface area contributed by atoms with Gasteiger partial charge in [0.2, 0.25) is 0 Å². The SMILES string of the molecule is CC1(C)CC(=O)c2c(C(F)F)nn(-c3ccc(C(N)=O)c(NC4CCC(NCC(=O)O)CC4)c3)c2C1. The number of ketones is 1. The fraction of sp³-hybridized carbons (Fsp3) is 0.520. The Morgan fingerprint density at radius 2 is 1.86 bits per heavy atom. The van der Waals surface area contributed by atoms with E-state index in [9.17, 15) is 23.2 Å². The molecule has 1 amide bonds. The molecule has 1 saturated carbocycles. The Morgan fingerprint density at radius 3 is 2.47 bits per heavy atom. The number of carboxylic acids is 1. The van der Waals surface area contributed by atoms with Gasteiger partial charge in [-0.15, -0.1) is 0 Å². The highest BCUT2D eigenvalue weighted by molar-refractivity contribution is 6.00. The summed E-state index contributed by atoms with van der Waals surface area (Å²) in [5.41, 5.74) is 6.28. The van der Waals surface area contributed by atoms with Crippen LogP contribution in [0.3, 0.4) is 0 Å². The molecular weight excluding hydrogens is 472 g/mol. The highest BCUT2D eigenvalue weighted by atomic mass is 19.3. The molecule has 36 heavy (non-hydrogen) atoms. The summed E-state index contributed by atoms with van der Waals surface area (Å²) in [6.45, 7) is 3.74. The number of hydrogen-bond donors (Lipinski definition) is 4. The number of nitrogens with two attached hydrogens (primary N) is 1. The summed E-state index contributed by atoms with van der Waals surface area (Å²) in [5, 5.41) is 19.4. The van der Waals surface area contributed by atoms with E-state index < -0.39 is 29.4 Å². The monoisotopic (exact) mass is 503 g/mol. The van der Waals surface area contributed by atoms with Gasteiger partial charge < -0.3 is 21.5 Å². The molecule has 0 atom stereocenters. The first-order valence-corrected chi connectivity index (χ1v) is 12.0. The second-order valence-corrected chi connectivity index (χ2v) is 10.4. The molecule has 1 aromatic heterocycles. The first kappa shape index (κ1) is 25.7. The minimum Gasteiger partial charge on any atom is -0.480 e. The van der Waals surface area contributed by atoms with Crippen LogP contribution in [0, 0.1) is 5.41 Å². The molecule has 194 valence electrons. The smallest absolute Gasteiger partial charge is 0.317 e. The van der Waals surface area contributed by atoms with Crippen molar-refractivity contribution in [3.8, 4) is 5.69 Å². The van der Waals surface area contributed by atoms with Crippen LogP contribution in [0.5, 0.6) is 0 Å². The van der Waals surface area contributed by atoms with Crippen molar-refractivity contribution in [2.24, 2.45) is 11.1 Å². The highest BCUT2D eigenvalue weighted by Gasteiger charge is 2.38. The number of benzene rings is 1. The van der Waals surface area contributed by atoms with Gasteiger partial charge in [0.15, 0.2) is 5.78 Å². The van der Waals surface area contributed by atoms with Crippen LogP contribution < -0.4 is 16.4 Å². The zero-order chi connectivity index (χ0) is 26.2. The third-order valence-electron chi connectivity index (χ3n) is 6.92. The van der Waals surface area contributed by atoms with Crippen LogP contribution in [-0.2, 0) is 11.2 Å². The molecule has 4 rings (SSSR count). The van der Waals surface area contributed by atoms with Crippen molar-refractivity contribution in [2.45, 2.75) is 70.9 Å². The second-order valence-electron chi connectivity index (χ2n) is 10.4. The van der Waals surface area contributed by atoms with Crippen LogP contribution in [0.15, 0.2) is 18.2 Å². The van der Waals surface area contributed by atoms with E-state index in [0.29, 0.717) is 23.5 Å². The van der Waals surface area contributed by atoms with Crippen LogP contribution in [-0.4, -0.2) is 51.2 Å². The van der Waals surface area contributed by atoms with Gasteiger partial charge in [-0.2, -0.15) is 5.10 Å². The maximum absolute atomic E-state index is 13.8. The molecule has 1 fully saturated rings. The molecule has 2 aliphatic rings. The van der Waals surface area contributed by atoms with Gasteiger partial charge in [0.05, 0.1) is 29.1 Å². The molecule has 0 unspecified atom stereocenters. The number of carboxylic acid groups (broad SMARTS) is 1. The van der Waals surface area contributed by atoms with Gasteiger partial charge in [-0.3, -0.25) is 14.4 Å². The number of Topliss-reactive ketones (excluding diaryl/α,β-unsaturated/α-hetero) is 1. The molecule has 2 aliphatic carbocycles. The van der Waals surface area contributed by atoms with Gasteiger partial charge in [-0.25, -0.2) is 13.5 Å². The predicted octanol–water partition coefficient (Wildman–Crippen LogP) is 3.46. The fourth-order valence-corrected chi connectivity index (χ4v) is 5.24. The number of aromatic nitrogens is 2. The molecule has 0 bridgehead atoms. The Kier molecular flexibility index (Phi) is 7.12. The van der Waals surface area contributed by atoms with E-state index in [0.717, 1.165) is 25.7 Å². The number of hydrogen-bond acceptors (Lipinski definition) is 6. The number of rotatable bonds is 8. The molecule has 1 aromatic carbocycles. The average molecular weight is 504 g/mol. The van der Waals surface area contributed by atoms with Crippen LogP contribution in [0.1, 0.15) is 84.5 Å². The number of alkyl halides is 2. The lowest BCUT2D eigenvalue weighted by Crippen LogP contribution is -2.39. The number of primary amides is 1. The minimum absolute atomic E-state index is 0.00926. The van der Waals surface area contributed by atoms with Crippen LogP contribution in [0.2, 0.25) is 0 Å². The maximum atomic E-state index is 13.8. The molecule has 11 heteroatoms. The van der Waals surface area contributed by atoms with Crippen molar-refractivity contribution in [2.75, 3.05) is 11.9 Å². The summed E-state index contributed by atoms with van der Waals surface area (Å²) in [6, 6.07) is 4.90. The topological polar surface area (TPSA) is 139 Å². The first-order chi connectivity index (χ1) is 16.9. The number of aliphatic carboxylic acids is 1. The van der Waals surface area contributed by atoms with Crippen molar-refractivity contribution in [1.29, 1.82) is 0 Å². The van der Waals surface area contributed by atoms with Crippen molar-refractivity contribution in [3.05, 3.63) is 40.7 Å². The lowest BCUT2D eigenvalue weighted by molar-refractivity contribution is -0.136. The summed E-state index contributed by atoms with van der Waals surface area (Å²) >= 11 is 0. The number of fused-ring (bicyclic) bond motifs is 1. The number of amides is 1. The quantitative estimate of drug-likeness (QED) is 0.433. The minimum atomic E-state index is -2.89. The van der Waals surface area contributed by atoms with E-state index in [-0.39, 0.29) is 42.0 Å². The summed E-state index contributed by atoms with van der Waals surface area (Å²) in [5.74, 6) is -1.88. The van der Waals surface area contributed by atoms with E-state index in [4.69, 9.17) is 10.8 Å². The van der Waals surface area contributed by atoms with Gasteiger partial charge in [0.25, 0.3) is 12.3 Å². The number of carbonyl (C=O) groups is 3. The van der Waals surface area contributed by atoms with E-state index in [2.05, 4.69) is 15.7 Å². The normalized spacial score (nSPS) is 21.3. The fourth-order valence-electron chi connectivity index (χ4n) is 5.24. The number of nitrogens with one attached hydrogen (secondary N) is 2. The maximum Gasteiger partial charge on any atom is 0.317 e. The Morgan fingerprint density at radius 1 is 1.19 bits per heavy atom. The van der Waals surface area contributed by atoms with Crippen LogP contribution in [0.25, 0.3) is 5.69 Å². The molecule has 0 aliphatic heterocycles. The lowest BCUT2D eigenvalue weighted by Gasteiger charge is -2.31. The molecule has 9 nitrogen and oxygen atoms in total. The van der Waals surface area contributed by atoms with Crippen molar-refractivity contribution in [1.82, 2.24) is 15.1 Å².